The number of nitro groups is 1. The fourth-order valence-electron chi connectivity index (χ4n) is 3.00. The Balaban J connectivity index is 1.60. The number of carbonyl (C=O) groups excluding carboxylic acids is 1. The number of amidine groups is 1. The molecule has 0 spiro atoms. The zero-order valence-corrected chi connectivity index (χ0v) is 16.3. The van der Waals surface area contributed by atoms with Crippen LogP contribution in [0.1, 0.15) is 6.92 Å². The highest BCUT2D eigenvalue weighted by molar-refractivity contribution is 8.14. The predicted molar refractivity (Wildman–Crippen MR) is 106 cm³/mol. The number of piperazine rings is 1. The topological polar surface area (TPSA) is 130 Å². The third kappa shape index (κ3) is 4.60. The lowest BCUT2D eigenvalue weighted by Crippen LogP contribution is -2.50. The minimum atomic E-state index is -0.565. The van der Waals surface area contributed by atoms with Gasteiger partial charge in [0.2, 0.25) is 11.7 Å². The van der Waals surface area contributed by atoms with Gasteiger partial charge in [-0.25, -0.2) is 4.98 Å². The number of hydrogen-bond donors (Lipinski definition) is 2. The van der Waals surface area contributed by atoms with Crippen molar-refractivity contribution in [2.24, 2.45) is 4.99 Å². The number of pyridine rings is 1. The minimum Gasteiger partial charge on any atom is -0.378 e. The maximum Gasteiger partial charge on any atom is 0.335 e. The normalized spacial score (nSPS) is 20.4. The average Bonchev–Trinajstić information content (AvgIpc) is 3.02. The molecule has 0 bridgehead atoms. The van der Waals surface area contributed by atoms with Gasteiger partial charge in [0, 0.05) is 31.9 Å². The van der Waals surface area contributed by atoms with E-state index in [1.54, 1.807) is 11.8 Å². The maximum absolute atomic E-state index is 12.2. The highest BCUT2D eigenvalue weighted by atomic mass is 35.5. The van der Waals surface area contributed by atoms with Crippen LogP contribution in [0.25, 0.3) is 0 Å². The number of halogens is 1. The van der Waals surface area contributed by atoms with Crippen LogP contribution in [0.3, 0.4) is 0 Å². The summed E-state index contributed by atoms with van der Waals surface area (Å²) in [5.41, 5.74) is 5.67. The number of nitrogen functional groups attached to an aromatic ring is 1. The third-order valence-electron chi connectivity index (χ3n) is 4.29. The van der Waals surface area contributed by atoms with Crippen LogP contribution in [-0.4, -0.2) is 70.4 Å². The zero-order valence-electron chi connectivity index (χ0n) is 14.7. The van der Waals surface area contributed by atoms with Crippen molar-refractivity contribution < 1.29 is 9.72 Å². The van der Waals surface area contributed by atoms with E-state index >= 15 is 0 Å². The summed E-state index contributed by atoms with van der Waals surface area (Å²) in [5, 5.41) is 15.0. The Morgan fingerprint density at radius 1 is 1.48 bits per heavy atom. The Bertz CT molecular complexity index is 783. The van der Waals surface area contributed by atoms with Gasteiger partial charge in [-0.15, -0.1) is 0 Å². The average molecular weight is 414 g/mol. The summed E-state index contributed by atoms with van der Waals surface area (Å²) in [4.78, 5) is 34.9. The number of anilines is 2. The van der Waals surface area contributed by atoms with Crippen molar-refractivity contribution >= 4 is 51.6 Å². The van der Waals surface area contributed by atoms with Crippen molar-refractivity contribution in [3.8, 4) is 0 Å². The van der Waals surface area contributed by atoms with Gasteiger partial charge in [-0.3, -0.25) is 24.8 Å². The molecule has 0 saturated carbocycles. The number of nitrogens with two attached hydrogens (primary N) is 1. The van der Waals surface area contributed by atoms with E-state index in [9.17, 15) is 14.9 Å². The van der Waals surface area contributed by atoms with E-state index in [0.29, 0.717) is 31.3 Å². The fraction of sp³-hybridized carbons (Fsp3) is 0.533. The standard InChI is InChI=1S/C15H20ClN7O3S/c1-9-8-27-15(19-9)20-11(24)7-21-2-4-22(5-3-21)12-10(16)6-18-14(17)13(12)23(25)26/h6,9H,2-5,7-8H2,1H3,(H2,17,18)(H,19,20,24). The minimum absolute atomic E-state index is 0.110. The molecule has 3 N–H and O–H groups in total. The summed E-state index contributed by atoms with van der Waals surface area (Å²) in [5.74, 6) is 0.606. The van der Waals surface area contributed by atoms with E-state index in [-0.39, 0.29) is 40.7 Å². The molecule has 1 aromatic heterocycles. The molecule has 1 unspecified atom stereocenters. The molecule has 146 valence electrons. The lowest BCUT2D eigenvalue weighted by atomic mass is 10.2. The first-order valence-corrected chi connectivity index (χ1v) is 9.77. The molecule has 1 saturated heterocycles. The molecule has 3 rings (SSSR count). The molecule has 27 heavy (non-hydrogen) atoms. The van der Waals surface area contributed by atoms with Crippen LogP contribution in [-0.2, 0) is 4.79 Å². The Hall–Kier alpha value is -2.11. The number of rotatable bonds is 4. The van der Waals surface area contributed by atoms with Crippen LogP contribution < -0.4 is 16.0 Å². The number of thioether (sulfide) groups is 1. The number of amides is 1. The molecule has 12 heteroatoms. The van der Waals surface area contributed by atoms with Crippen LogP contribution in [0, 0.1) is 10.1 Å². The first kappa shape index (κ1) is 19.6. The van der Waals surface area contributed by atoms with Crippen LogP contribution in [0.4, 0.5) is 17.2 Å². The van der Waals surface area contributed by atoms with E-state index in [0.717, 1.165) is 5.75 Å². The Morgan fingerprint density at radius 2 is 2.19 bits per heavy atom. The van der Waals surface area contributed by atoms with Gasteiger partial charge in [-0.2, -0.15) is 0 Å². The monoisotopic (exact) mass is 413 g/mol. The molecule has 0 aliphatic carbocycles. The summed E-state index contributed by atoms with van der Waals surface area (Å²) in [7, 11) is 0. The summed E-state index contributed by atoms with van der Waals surface area (Å²) in [6.07, 6.45) is 1.32. The van der Waals surface area contributed by atoms with Crippen molar-refractivity contribution in [3.63, 3.8) is 0 Å². The van der Waals surface area contributed by atoms with Gasteiger partial charge in [-0.1, -0.05) is 23.4 Å². The van der Waals surface area contributed by atoms with Crippen LogP contribution >= 0.6 is 23.4 Å². The molecule has 2 aliphatic heterocycles. The number of nitrogens with one attached hydrogen (secondary N) is 1. The molecule has 0 radical (unpaired) electrons. The molecule has 1 amide bonds. The van der Waals surface area contributed by atoms with Gasteiger partial charge in [0.1, 0.15) is 5.69 Å². The summed E-state index contributed by atoms with van der Waals surface area (Å²) in [6.45, 7) is 4.37. The van der Waals surface area contributed by atoms with Gasteiger partial charge in [-0.05, 0) is 6.92 Å². The van der Waals surface area contributed by atoms with Crippen LogP contribution in [0.5, 0.6) is 0 Å². The third-order valence-corrected chi connectivity index (χ3v) is 5.70. The molecule has 1 fully saturated rings. The van der Waals surface area contributed by atoms with Crippen molar-refractivity contribution in [1.82, 2.24) is 15.2 Å². The molecule has 2 aliphatic rings. The highest BCUT2D eigenvalue weighted by Gasteiger charge is 2.30. The number of nitrogens with zero attached hydrogens (tertiary/aromatic N) is 5. The van der Waals surface area contributed by atoms with E-state index in [1.807, 2.05) is 16.7 Å². The van der Waals surface area contributed by atoms with Gasteiger partial charge in [0.05, 0.1) is 28.7 Å². The van der Waals surface area contributed by atoms with Crippen LogP contribution in [0.2, 0.25) is 5.02 Å². The van der Waals surface area contributed by atoms with Crippen molar-refractivity contribution in [2.45, 2.75) is 13.0 Å². The molecular formula is C15H20ClN7O3S. The van der Waals surface area contributed by atoms with E-state index < -0.39 is 4.92 Å². The quantitative estimate of drug-likeness (QED) is 0.551. The van der Waals surface area contributed by atoms with Crippen molar-refractivity contribution in [1.29, 1.82) is 0 Å². The van der Waals surface area contributed by atoms with E-state index in [1.165, 1.54) is 6.20 Å². The molecular weight excluding hydrogens is 394 g/mol. The van der Waals surface area contributed by atoms with Gasteiger partial charge in [0.15, 0.2) is 5.17 Å². The number of aromatic nitrogens is 1. The van der Waals surface area contributed by atoms with Crippen LogP contribution in [0.15, 0.2) is 11.2 Å². The Kier molecular flexibility index (Phi) is 6.02. The largest absolute Gasteiger partial charge is 0.378 e. The van der Waals surface area contributed by atoms with Crippen molar-refractivity contribution in [3.05, 3.63) is 21.3 Å². The van der Waals surface area contributed by atoms with E-state index in [4.69, 9.17) is 17.3 Å². The first-order chi connectivity index (χ1) is 12.8. The lowest BCUT2D eigenvalue weighted by Gasteiger charge is -2.35. The predicted octanol–water partition coefficient (Wildman–Crippen LogP) is 0.955. The zero-order chi connectivity index (χ0) is 19.6. The molecule has 0 aromatic carbocycles. The first-order valence-electron chi connectivity index (χ1n) is 8.41. The molecule has 1 atom stereocenters. The second kappa shape index (κ2) is 8.28. The Morgan fingerprint density at radius 3 is 2.78 bits per heavy atom. The summed E-state index contributed by atoms with van der Waals surface area (Å²) < 4.78 is 0. The smallest absolute Gasteiger partial charge is 0.335 e. The van der Waals surface area contributed by atoms with Gasteiger partial charge in [0.25, 0.3) is 0 Å². The number of aliphatic imine (C=N–C) groups is 1. The second-order valence-electron chi connectivity index (χ2n) is 6.35. The number of hydrogen-bond acceptors (Lipinski definition) is 9. The molecule has 10 nitrogen and oxygen atoms in total. The summed E-state index contributed by atoms with van der Waals surface area (Å²) >= 11 is 7.69. The van der Waals surface area contributed by atoms with Crippen molar-refractivity contribution in [2.75, 3.05) is 49.1 Å². The number of carbonyl (C=O) groups is 1. The lowest BCUT2D eigenvalue weighted by molar-refractivity contribution is -0.383. The molecule has 1 aromatic rings. The highest BCUT2D eigenvalue weighted by Crippen LogP contribution is 2.38. The maximum atomic E-state index is 12.2. The van der Waals surface area contributed by atoms with E-state index in [2.05, 4.69) is 15.3 Å². The SMILES string of the molecule is CC1CSC(NC(=O)CN2CCN(c3c(Cl)cnc(N)c3[N+](=O)[O-])CC2)=N1. The fourth-order valence-corrected chi connectivity index (χ4v) is 4.17. The van der Waals surface area contributed by atoms with Gasteiger partial charge < -0.3 is 16.0 Å². The summed E-state index contributed by atoms with van der Waals surface area (Å²) in [6, 6.07) is 0.224. The van der Waals surface area contributed by atoms with Gasteiger partial charge >= 0.3 is 5.69 Å². The molecule has 3 heterocycles. The Labute approximate surface area is 165 Å². The second-order valence-corrected chi connectivity index (χ2v) is 7.77.